The third-order valence-corrected chi connectivity index (χ3v) is 4.02. The normalized spacial score (nSPS) is 10.5. The van der Waals surface area contributed by atoms with Crippen LogP contribution in [-0.4, -0.2) is 26.7 Å². The Kier molecular flexibility index (Phi) is 5.98. The van der Waals surface area contributed by atoms with Crippen LogP contribution in [0, 0.1) is 0 Å². The summed E-state index contributed by atoms with van der Waals surface area (Å²) in [5.74, 6) is 1.09. The van der Waals surface area contributed by atoms with Gasteiger partial charge in [0.05, 0.1) is 18.4 Å². The topological polar surface area (TPSA) is 75.6 Å². The van der Waals surface area contributed by atoms with Crippen molar-refractivity contribution in [2.75, 3.05) is 17.2 Å². The van der Waals surface area contributed by atoms with Crippen LogP contribution < -0.4 is 10.6 Å². The van der Waals surface area contributed by atoms with E-state index in [4.69, 9.17) is 23.2 Å². The molecule has 3 rings (SSSR count). The summed E-state index contributed by atoms with van der Waals surface area (Å²) in [6.45, 7) is 1.20. The van der Waals surface area contributed by atoms with Gasteiger partial charge in [0.2, 0.25) is 5.95 Å². The van der Waals surface area contributed by atoms with Crippen LogP contribution in [0.15, 0.2) is 48.8 Å². The number of pyridine rings is 1. The first-order chi connectivity index (χ1) is 12.2. The number of aromatic nitrogens is 4. The predicted octanol–water partition coefficient (Wildman–Crippen LogP) is 3.84. The Morgan fingerprint density at radius 1 is 1.04 bits per heavy atom. The molecule has 0 aliphatic rings. The molecule has 3 aromatic rings. The van der Waals surface area contributed by atoms with Gasteiger partial charge in [-0.2, -0.15) is 10.1 Å². The standard InChI is InChI=1S/C17H16Cl2N6/c18-13-5-4-12(15(19)9-13)6-8-21-16-11-23-25-17(24-16)22-10-14-3-1-2-7-20-14/h1-5,7,9,11H,6,8,10H2,(H2,21,22,24,25). The second kappa shape index (κ2) is 8.60. The summed E-state index contributed by atoms with van der Waals surface area (Å²) < 4.78 is 0. The molecule has 2 aromatic heterocycles. The van der Waals surface area contributed by atoms with Crippen molar-refractivity contribution in [2.24, 2.45) is 0 Å². The fraction of sp³-hybridized carbons (Fsp3) is 0.176. The van der Waals surface area contributed by atoms with Gasteiger partial charge in [-0.15, -0.1) is 5.10 Å². The molecule has 0 bridgehead atoms. The van der Waals surface area contributed by atoms with Crippen molar-refractivity contribution in [1.82, 2.24) is 20.2 Å². The van der Waals surface area contributed by atoms with E-state index >= 15 is 0 Å². The van der Waals surface area contributed by atoms with Gasteiger partial charge in [0.25, 0.3) is 0 Å². The summed E-state index contributed by atoms with van der Waals surface area (Å²) in [6, 6.07) is 11.2. The minimum absolute atomic E-state index is 0.445. The molecule has 25 heavy (non-hydrogen) atoms. The van der Waals surface area contributed by atoms with Crippen molar-refractivity contribution in [2.45, 2.75) is 13.0 Å². The Bertz CT molecular complexity index is 828. The number of nitrogens with zero attached hydrogens (tertiary/aromatic N) is 4. The van der Waals surface area contributed by atoms with Gasteiger partial charge in [0.15, 0.2) is 5.82 Å². The lowest BCUT2D eigenvalue weighted by Crippen LogP contribution is -2.10. The third kappa shape index (κ3) is 5.27. The molecule has 0 atom stereocenters. The largest absolute Gasteiger partial charge is 0.368 e. The van der Waals surface area contributed by atoms with Crippen molar-refractivity contribution in [1.29, 1.82) is 0 Å². The van der Waals surface area contributed by atoms with Crippen molar-refractivity contribution >= 4 is 35.0 Å². The highest BCUT2D eigenvalue weighted by Crippen LogP contribution is 2.21. The molecule has 0 saturated heterocycles. The Labute approximate surface area is 155 Å². The zero-order valence-electron chi connectivity index (χ0n) is 13.3. The molecule has 2 heterocycles. The highest BCUT2D eigenvalue weighted by Gasteiger charge is 2.03. The Morgan fingerprint density at radius 3 is 2.76 bits per heavy atom. The van der Waals surface area contributed by atoms with E-state index in [1.165, 1.54) is 0 Å². The van der Waals surface area contributed by atoms with E-state index in [-0.39, 0.29) is 0 Å². The highest BCUT2D eigenvalue weighted by molar-refractivity contribution is 6.35. The molecular formula is C17H16Cl2N6. The maximum absolute atomic E-state index is 6.17. The van der Waals surface area contributed by atoms with Crippen LogP contribution in [0.25, 0.3) is 0 Å². The van der Waals surface area contributed by atoms with Crippen LogP contribution in [0.5, 0.6) is 0 Å². The number of benzene rings is 1. The number of hydrogen-bond donors (Lipinski definition) is 2. The van der Waals surface area contributed by atoms with Crippen LogP contribution >= 0.6 is 23.2 Å². The van der Waals surface area contributed by atoms with Crippen molar-refractivity contribution in [3.05, 3.63) is 70.1 Å². The van der Waals surface area contributed by atoms with E-state index < -0.39 is 0 Å². The molecule has 8 heteroatoms. The fourth-order valence-corrected chi connectivity index (χ4v) is 2.69. The Hall–Kier alpha value is -2.44. The van der Waals surface area contributed by atoms with Gasteiger partial charge in [0, 0.05) is 22.8 Å². The maximum atomic E-state index is 6.17. The van der Waals surface area contributed by atoms with E-state index in [0.29, 0.717) is 34.9 Å². The number of nitrogens with one attached hydrogen (secondary N) is 2. The Morgan fingerprint density at radius 2 is 1.96 bits per heavy atom. The monoisotopic (exact) mass is 374 g/mol. The lowest BCUT2D eigenvalue weighted by molar-refractivity contribution is 0.919. The van der Waals surface area contributed by atoms with E-state index in [0.717, 1.165) is 17.7 Å². The smallest absolute Gasteiger partial charge is 0.245 e. The average Bonchev–Trinajstić information content (AvgIpc) is 2.63. The molecule has 0 aliphatic carbocycles. The quantitative estimate of drug-likeness (QED) is 0.654. The van der Waals surface area contributed by atoms with Gasteiger partial charge < -0.3 is 10.6 Å². The van der Waals surface area contributed by atoms with E-state index in [2.05, 4.69) is 30.8 Å². The van der Waals surface area contributed by atoms with Gasteiger partial charge in [-0.05, 0) is 36.2 Å². The van der Waals surface area contributed by atoms with E-state index in [1.54, 1.807) is 18.5 Å². The first kappa shape index (κ1) is 17.4. The summed E-state index contributed by atoms with van der Waals surface area (Å²) >= 11 is 12.1. The molecule has 128 valence electrons. The molecule has 1 aromatic carbocycles. The Balaban J connectivity index is 1.53. The van der Waals surface area contributed by atoms with Crippen LogP contribution in [0.2, 0.25) is 10.0 Å². The van der Waals surface area contributed by atoms with Gasteiger partial charge in [0.1, 0.15) is 0 Å². The van der Waals surface area contributed by atoms with Crippen molar-refractivity contribution < 1.29 is 0 Å². The number of rotatable bonds is 7. The van der Waals surface area contributed by atoms with Gasteiger partial charge in [-0.25, -0.2) is 0 Å². The fourth-order valence-electron chi connectivity index (χ4n) is 2.19. The van der Waals surface area contributed by atoms with Crippen LogP contribution in [0.3, 0.4) is 0 Å². The molecule has 6 nitrogen and oxygen atoms in total. The first-order valence-corrected chi connectivity index (χ1v) is 8.47. The second-order valence-electron chi connectivity index (χ2n) is 5.25. The number of hydrogen-bond acceptors (Lipinski definition) is 6. The minimum Gasteiger partial charge on any atom is -0.368 e. The van der Waals surface area contributed by atoms with Gasteiger partial charge >= 0.3 is 0 Å². The van der Waals surface area contributed by atoms with Crippen LogP contribution in [0.4, 0.5) is 11.8 Å². The number of anilines is 2. The van der Waals surface area contributed by atoms with Crippen molar-refractivity contribution in [3.8, 4) is 0 Å². The zero-order chi connectivity index (χ0) is 17.5. The molecule has 0 radical (unpaired) electrons. The highest BCUT2D eigenvalue weighted by atomic mass is 35.5. The zero-order valence-corrected chi connectivity index (χ0v) is 14.8. The molecule has 2 N–H and O–H groups in total. The van der Waals surface area contributed by atoms with E-state index in [9.17, 15) is 0 Å². The molecule has 0 aliphatic heterocycles. The summed E-state index contributed by atoms with van der Waals surface area (Å²) in [6.07, 6.45) is 4.07. The third-order valence-electron chi connectivity index (χ3n) is 3.43. The average molecular weight is 375 g/mol. The summed E-state index contributed by atoms with van der Waals surface area (Å²) in [7, 11) is 0. The predicted molar refractivity (Wildman–Crippen MR) is 100 cm³/mol. The minimum atomic E-state index is 0.445. The molecule has 0 unspecified atom stereocenters. The van der Waals surface area contributed by atoms with E-state index in [1.807, 2.05) is 30.3 Å². The maximum Gasteiger partial charge on any atom is 0.245 e. The lowest BCUT2D eigenvalue weighted by Gasteiger charge is -2.08. The van der Waals surface area contributed by atoms with Crippen LogP contribution in [0.1, 0.15) is 11.3 Å². The first-order valence-electron chi connectivity index (χ1n) is 7.72. The van der Waals surface area contributed by atoms with Crippen LogP contribution in [-0.2, 0) is 13.0 Å². The van der Waals surface area contributed by atoms with Crippen molar-refractivity contribution in [3.63, 3.8) is 0 Å². The molecule has 0 spiro atoms. The summed E-state index contributed by atoms with van der Waals surface area (Å²) in [5.41, 5.74) is 1.93. The molecule has 0 saturated carbocycles. The SMILES string of the molecule is Clc1ccc(CCNc2cnnc(NCc3ccccn3)n2)c(Cl)c1. The number of halogens is 2. The lowest BCUT2D eigenvalue weighted by atomic mass is 10.1. The second-order valence-corrected chi connectivity index (χ2v) is 6.10. The molecule has 0 fully saturated rings. The van der Waals surface area contributed by atoms with Gasteiger partial charge in [-0.1, -0.05) is 35.3 Å². The summed E-state index contributed by atoms with van der Waals surface area (Å²) in [4.78, 5) is 8.62. The van der Waals surface area contributed by atoms with Gasteiger partial charge in [-0.3, -0.25) is 4.98 Å². The molecule has 0 amide bonds. The summed E-state index contributed by atoms with van der Waals surface area (Å²) in [5, 5.41) is 15.5. The molecular weight excluding hydrogens is 359 g/mol.